The van der Waals surface area contributed by atoms with E-state index in [9.17, 15) is 0 Å². The summed E-state index contributed by atoms with van der Waals surface area (Å²) < 4.78 is 0. The van der Waals surface area contributed by atoms with E-state index in [2.05, 4.69) is 25.2 Å². The van der Waals surface area contributed by atoms with Crippen LogP contribution in [0.4, 0.5) is 0 Å². The Hall–Kier alpha value is -0.220. The molecule has 0 bridgehead atoms. The monoisotopic (exact) mass is 287 g/mol. The van der Waals surface area contributed by atoms with Gasteiger partial charge in [0, 0.05) is 34.9 Å². The van der Waals surface area contributed by atoms with Gasteiger partial charge in [-0.3, -0.25) is 0 Å². The maximum Gasteiger partial charge on any atom is 0.0464 e. The van der Waals surface area contributed by atoms with Gasteiger partial charge in [0.2, 0.25) is 0 Å². The van der Waals surface area contributed by atoms with Gasteiger partial charge in [0.15, 0.2) is 0 Å². The highest BCUT2D eigenvalue weighted by Gasteiger charge is 2.07. The van der Waals surface area contributed by atoms with Crippen molar-refractivity contribution in [2.45, 2.75) is 38.3 Å². The first-order valence-electron chi connectivity index (χ1n) is 6.28. The molecule has 0 radical (unpaired) electrons. The number of thioether (sulfide) groups is 1. The number of hydrogen-bond acceptors (Lipinski definition) is 3. The molecule has 0 spiro atoms. The summed E-state index contributed by atoms with van der Waals surface area (Å²) in [5, 5.41) is 13.2. The van der Waals surface area contributed by atoms with Crippen molar-refractivity contribution in [3.05, 3.63) is 28.8 Å². The molecule has 0 aliphatic rings. The third kappa shape index (κ3) is 5.61. The number of rotatable bonds is 7. The van der Waals surface area contributed by atoms with Crippen LogP contribution in [-0.4, -0.2) is 23.5 Å². The topological polar surface area (TPSA) is 32.3 Å². The molecule has 2 nitrogen and oxygen atoms in total. The van der Waals surface area contributed by atoms with E-state index in [0.717, 1.165) is 17.3 Å². The summed E-state index contributed by atoms with van der Waals surface area (Å²) in [6, 6.07) is 6.48. The highest BCUT2D eigenvalue weighted by molar-refractivity contribution is 7.99. The third-order valence-electron chi connectivity index (χ3n) is 2.56. The second kappa shape index (κ2) is 8.05. The highest BCUT2D eigenvalue weighted by atomic mass is 35.5. The van der Waals surface area contributed by atoms with E-state index in [4.69, 9.17) is 16.7 Å². The molecule has 0 aliphatic heterocycles. The predicted octanol–water partition coefficient (Wildman–Crippen LogP) is 3.56. The number of nitrogens with one attached hydrogen (secondary N) is 1. The highest BCUT2D eigenvalue weighted by Crippen LogP contribution is 2.28. The standard InChI is InChI=1S/C14H22ClNOS/c1-10(2)16-7-12-4-5-13(15)6-14(12)18-9-11(3)8-17/h4-6,10-11,16-17H,7-9H2,1-3H3. The Morgan fingerprint density at radius 1 is 1.33 bits per heavy atom. The molecule has 0 saturated heterocycles. The van der Waals surface area contributed by atoms with Gasteiger partial charge >= 0.3 is 0 Å². The summed E-state index contributed by atoms with van der Waals surface area (Å²) in [5.41, 5.74) is 1.27. The lowest BCUT2D eigenvalue weighted by Gasteiger charge is -2.14. The Morgan fingerprint density at radius 3 is 2.67 bits per heavy atom. The number of aliphatic hydroxyl groups is 1. The van der Waals surface area contributed by atoms with Crippen LogP contribution in [0, 0.1) is 5.92 Å². The lowest BCUT2D eigenvalue weighted by Crippen LogP contribution is -2.22. The number of aliphatic hydroxyl groups excluding tert-OH is 1. The number of hydrogen-bond donors (Lipinski definition) is 2. The zero-order chi connectivity index (χ0) is 13.5. The van der Waals surface area contributed by atoms with Crippen molar-refractivity contribution in [3.8, 4) is 0 Å². The minimum absolute atomic E-state index is 0.229. The predicted molar refractivity (Wildman–Crippen MR) is 80.4 cm³/mol. The van der Waals surface area contributed by atoms with E-state index in [-0.39, 0.29) is 6.61 Å². The molecule has 0 aliphatic carbocycles. The Labute approximate surface area is 119 Å². The van der Waals surface area contributed by atoms with Crippen molar-refractivity contribution in [2.24, 2.45) is 5.92 Å². The van der Waals surface area contributed by atoms with E-state index >= 15 is 0 Å². The van der Waals surface area contributed by atoms with Crippen LogP contribution in [0.15, 0.2) is 23.1 Å². The van der Waals surface area contributed by atoms with E-state index in [1.807, 2.05) is 19.1 Å². The summed E-state index contributed by atoms with van der Waals surface area (Å²) in [7, 11) is 0. The summed E-state index contributed by atoms with van der Waals surface area (Å²) >= 11 is 7.81. The molecule has 0 saturated carbocycles. The first-order chi connectivity index (χ1) is 8.52. The van der Waals surface area contributed by atoms with Crippen LogP contribution in [0.1, 0.15) is 26.3 Å². The minimum atomic E-state index is 0.229. The molecule has 1 atom stereocenters. The molecule has 1 unspecified atom stereocenters. The van der Waals surface area contributed by atoms with Crippen LogP contribution in [-0.2, 0) is 6.54 Å². The molecule has 1 rings (SSSR count). The number of benzene rings is 1. The van der Waals surface area contributed by atoms with Crippen LogP contribution in [0.25, 0.3) is 0 Å². The maximum atomic E-state index is 9.06. The Morgan fingerprint density at radius 2 is 2.06 bits per heavy atom. The van der Waals surface area contributed by atoms with Gasteiger partial charge < -0.3 is 10.4 Å². The van der Waals surface area contributed by atoms with Gasteiger partial charge in [-0.25, -0.2) is 0 Å². The maximum absolute atomic E-state index is 9.06. The zero-order valence-electron chi connectivity index (χ0n) is 11.2. The molecule has 102 valence electrons. The van der Waals surface area contributed by atoms with Gasteiger partial charge in [-0.15, -0.1) is 11.8 Å². The molecule has 2 N–H and O–H groups in total. The van der Waals surface area contributed by atoms with Crippen LogP contribution in [0.5, 0.6) is 0 Å². The molecule has 18 heavy (non-hydrogen) atoms. The van der Waals surface area contributed by atoms with E-state index in [0.29, 0.717) is 12.0 Å². The minimum Gasteiger partial charge on any atom is -0.396 e. The third-order valence-corrected chi connectivity index (χ3v) is 4.23. The summed E-state index contributed by atoms with van der Waals surface area (Å²) in [4.78, 5) is 1.20. The van der Waals surface area contributed by atoms with Gasteiger partial charge in [0.05, 0.1) is 0 Å². The van der Waals surface area contributed by atoms with Crippen molar-refractivity contribution in [1.29, 1.82) is 0 Å². The van der Waals surface area contributed by atoms with Gasteiger partial charge in [0.1, 0.15) is 0 Å². The molecule has 0 amide bonds. The summed E-state index contributed by atoms with van der Waals surface area (Å²) in [6.07, 6.45) is 0. The lowest BCUT2D eigenvalue weighted by molar-refractivity contribution is 0.250. The Bertz CT molecular complexity index is 371. The first-order valence-corrected chi connectivity index (χ1v) is 7.64. The van der Waals surface area contributed by atoms with Crippen LogP contribution in [0.3, 0.4) is 0 Å². The fraction of sp³-hybridized carbons (Fsp3) is 0.571. The van der Waals surface area contributed by atoms with Crippen molar-refractivity contribution in [2.75, 3.05) is 12.4 Å². The van der Waals surface area contributed by atoms with Crippen molar-refractivity contribution in [1.82, 2.24) is 5.32 Å². The average Bonchev–Trinajstić information content (AvgIpc) is 2.34. The number of halogens is 1. The Kier molecular flexibility index (Phi) is 7.08. The lowest BCUT2D eigenvalue weighted by atomic mass is 10.2. The van der Waals surface area contributed by atoms with E-state index in [1.165, 1.54) is 10.5 Å². The molecular weight excluding hydrogens is 266 g/mol. The fourth-order valence-corrected chi connectivity index (χ4v) is 2.75. The largest absolute Gasteiger partial charge is 0.396 e. The zero-order valence-corrected chi connectivity index (χ0v) is 12.8. The second-order valence-electron chi connectivity index (χ2n) is 4.89. The fourth-order valence-electron chi connectivity index (χ4n) is 1.41. The van der Waals surface area contributed by atoms with Crippen molar-refractivity contribution < 1.29 is 5.11 Å². The normalized spacial score (nSPS) is 13.0. The average molecular weight is 288 g/mol. The smallest absolute Gasteiger partial charge is 0.0464 e. The van der Waals surface area contributed by atoms with Gasteiger partial charge in [-0.05, 0) is 23.6 Å². The van der Waals surface area contributed by atoms with Gasteiger partial charge in [-0.2, -0.15) is 0 Å². The van der Waals surface area contributed by atoms with Crippen LogP contribution < -0.4 is 5.32 Å². The van der Waals surface area contributed by atoms with Gasteiger partial charge in [-0.1, -0.05) is 38.4 Å². The Balaban J connectivity index is 2.70. The molecule has 0 aromatic heterocycles. The SMILES string of the molecule is CC(CO)CSc1cc(Cl)ccc1CNC(C)C. The summed E-state index contributed by atoms with van der Waals surface area (Å²) in [5.74, 6) is 1.21. The van der Waals surface area contributed by atoms with Crippen molar-refractivity contribution in [3.63, 3.8) is 0 Å². The molecule has 1 aromatic carbocycles. The molecule has 0 heterocycles. The molecule has 1 aromatic rings. The molecular formula is C14H22ClNOS. The van der Waals surface area contributed by atoms with Crippen LogP contribution >= 0.6 is 23.4 Å². The van der Waals surface area contributed by atoms with E-state index < -0.39 is 0 Å². The molecule has 0 fully saturated rings. The van der Waals surface area contributed by atoms with Crippen molar-refractivity contribution >= 4 is 23.4 Å². The quantitative estimate of drug-likeness (QED) is 0.752. The van der Waals surface area contributed by atoms with E-state index in [1.54, 1.807) is 11.8 Å². The van der Waals surface area contributed by atoms with Crippen LogP contribution in [0.2, 0.25) is 5.02 Å². The second-order valence-corrected chi connectivity index (χ2v) is 6.38. The molecule has 4 heteroatoms. The first kappa shape index (κ1) is 15.8. The summed E-state index contributed by atoms with van der Waals surface area (Å²) in [6.45, 7) is 7.40. The van der Waals surface area contributed by atoms with Gasteiger partial charge in [0.25, 0.3) is 0 Å².